The molecule has 1 atom stereocenters. The quantitative estimate of drug-likeness (QED) is 0.553. The van der Waals surface area contributed by atoms with Gasteiger partial charge in [-0.05, 0) is 41.5 Å². The fraction of sp³-hybridized carbons (Fsp3) is 0.261. The van der Waals surface area contributed by atoms with Crippen LogP contribution in [0, 0.1) is 0 Å². The highest BCUT2D eigenvalue weighted by Gasteiger charge is 2.26. The molecule has 0 aromatic heterocycles. The lowest BCUT2D eigenvalue weighted by Gasteiger charge is -2.38. The molecule has 1 saturated heterocycles. The zero-order valence-electron chi connectivity index (χ0n) is 15.7. The SMILES string of the molecule is CC(c1cccc2ccccc12)N1CCN(C(=O)c2ccc(Cl)c(Cl)c2)CC1. The van der Waals surface area contributed by atoms with Crippen LogP contribution in [-0.4, -0.2) is 41.9 Å². The Balaban J connectivity index is 1.46. The van der Waals surface area contributed by atoms with Crippen molar-refractivity contribution in [2.75, 3.05) is 26.2 Å². The molecule has 0 N–H and O–H groups in total. The zero-order chi connectivity index (χ0) is 19.7. The number of nitrogens with zero attached hydrogens (tertiary/aromatic N) is 2. The first-order valence-electron chi connectivity index (χ1n) is 9.50. The highest BCUT2D eigenvalue weighted by molar-refractivity contribution is 6.42. The number of piperazine rings is 1. The molecule has 0 saturated carbocycles. The fourth-order valence-electron chi connectivity index (χ4n) is 3.94. The van der Waals surface area contributed by atoms with Gasteiger partial charge in [0, 0.05) is 37.8 Å². The number of carbonyl (C=O) groups excluding carboxylic acids is 1. The molecule has 28 heavy (non-hydrogen) atoms. The summed E-state index contributed by atoms with van der Waals surface area (Å²) < 4.78 is 0. The molecular weight excluding hydrogens is 391 g/mol. The van der Waals surface area contributed by atoms with Gasteiger partial charge in [-0.2, -0.15) is 0 Å². The van der Waals surface area contributed by atoms with Crippen molar-refractivity contribution >= 4 is 39.9 Å². The molecule has 3 nitrogen and oxygen atoms in total. The molecule has 3 aromatic rings. The third-order valence-electron chi connectivity index (χ3n) is 5.59. The van der Waals surface area contributed by atoms with Gasteiger partial charge >= 0.3 is 0 Å². The van der Waals surface area contributed by atoms with E-state index in [-0.39, 0.29) is 5.91 Å². The molecule has 1 heterocycles. The Bertz CT molecular complexity index is 1010. The average Bonchev–Trinajstić information content (AvgIpc) is 2.74. The van der Waals surface area contributed by atoms with Crippen LogP contribution in [0.2, 0.25) is 10.0 Å². The van der Waals surface area contributed by atoms with Gasteiger partial charge in [0.25, 0.3) is 5.91 Å². The lowest BCUT2D eigenvalue weighted by Crippen LogP contribution is -2.49. The van der Waals surface area contributed by atoms with Crippen molar-refractivity contribution in [1.82, 2.24) is 9.80 Å². The van der Waals surface area contributed by atoms with Crippen molar-refractivity contribution in [3.63, 3.8) is 0 Å². The minimum Gasteiger partial charge on any atom is -0.336 e. The van der Waals surface area contributed by atoms with Crippen LogP contribution in [0.15, 0.2) is 60.7 Å². The van der Waals surface area contributed by atoms with Gasteiger partial charge in [-0.25, -0.2) is 0 Å². The van der Waals surface area contributed by atoms with E-state index in [1.165, 1.54) is 16.3 Å². The van der Waals surface area contributed by atoms with Gasteiger partial charge in [-0.3, -0.25) is 9.69 Å². The molecule has 5 heteroatoms. The predicted molar refractivity (Wildman–Crippen MR) is 116 cm³/mol. The number of amides is 1. The summed E-state index contributed by atoms with van der Waals surface area (Å²) in [5.41, 5.74) is 1.92. The van der Waals surface area contributed by atoms with Gasteiger partial charge in [0.2, 0.25) is 0 Å². The van der Waals surface area contributed by atoms with Gasteiger partial charge in [0.1, 0.15) is 0 Å². The lowest BCUT2D eigenvalue weighted by molar-refractivity contribution is 0.0583. The van der Waals surface area contributed by atoms with Crippen LogP contribution in [0.3, 0.4) is 0 Å². The second-order valence-corrected chi connectivity index (χ2v) is 8.02. The highest BCUT2D eigenvalue weighted by atomic mass is 35.5. The second-order valence-electron chi connectivity index (χ2n) is 7.20. The molecule has 3 aromatic carbocycles. The first-order valence-corrected chi connectivity index (χ1v) is 10.3. The van der Waals surface area contributed by atoms with E-state index in [1.807, 2.05) is 4.90 Å². The first-order chi connectivity index (χ1) is 13.5. The lowest BCUT2D eigenvalue weighted by atomic mass is 9.98. The van der Waals surface area contributed by atoms with Crippen molar-refractivity contribution in [2.24, 2.45) is 0 Å². The third kappa shape index (κ3) is 3.75. The Kier molecular flexibility index (Phi) is 5.58. The maximum absolute atomic E-state index is 12.8. The monoisotopic (exact) mass is 412 g/mol. The Morgan fingerprint density at radius 1 is 0.893 bits per heavy atom. The molecule has 1 aliphatic rings. The van der Waals surface area contributed by atoms with E-state index in [4.69, 9.17) is 23.2 Å². The van der Waals surface area contributed by atoms with Crippen LogP contribution >= 0.6 is 23.2 Å². The Hall–Kier alpha value is -2.07. The Labute approximate surface area is 175 Å². The second kappa shape index (κ2) is 8.12. The van der Waals surface area contributed by atoms with Crippen molar-refractivity contribution in [3.8, 4) is 0 Å². The van der Waals surface area contributed by atoms with Crippen LogP contribution in [0.4, 0.5) is 0 Å². The van der Waals surface area contributed by atoms with Crippen molar-refractivity contribution in [1.29, 1.82) is 0 Å². The first kappa shape index (κ1) is 19.3. The highest BCUT2D eigenvalue weighted by Crippen LogP contribution is 2.29. The number of benzene rings is 3. The van der Waals surface area contributed by atoms with Crippen molar-refractivity contribution in [2.45, 2.75) is 13.0 Å². The molecule has 1 amide bonds. The van der Waals surface area contributed by atoms with E-state index in [1.54, 1.807) is 18.2 Å². The minimum absolute atomic E-state index is 0.0102. The average molecular weight is 413 g/mol. The molecule has 0 radical (unpaired) electrons. The molecule has 0 bridgehead atoms. The maximum atomic E-state index is 12.8. The topological polar surface area (TPSA) is 23.6 Å². The van der Waals surface area contributed by atoms with E-state index in [9.17, 15) is 4.79 Å². The van der Waals surface area contributed by atoms with E-state index >= 15 is 0 Å². The summed E-state index contributed by atoms with van der Waals surface area (Å²) in [6.07, 6.45) is 0. The number of rotatable bonds is 3. The predicted octanol–water partition coefficient (Wildman–Crippen LogP) is 5.67. The number of carbonyl (C=O) groups is 1. The summed E-state index contributed by atoms with van der Waals surface area (Å²) in [6, 6.07) is 20.3. The Morgan fingerprint density at radius 2 is 1.61 bits per heavy atom. The van der Waals surface area contributed by atoms with Crippen LogP contribution < -0.4 is 0 Å². The largest absolute Gasteiger partial charge is 0.336 e. The van der Waals surface area contributed by atoms with Gasteiger partial charge in [0.05, 0.1) is 10.0 Å². The molecule has 1 aliphatic heterocycles. The van der Waals surface area contributed by atoms with Gasteiger partial charge < -0.3 is 4.90 Å². The smallest absolute Gasteiger partial charge is 0.253 e. The molecule has 144 valence electrons. The molecular formula is C23H22Cl2N2O. The van der Waals surface area contributed by atoms with Gasteiger partial charge in [-0.15, -0.1) is 0 Å². The van der Waals surface area contributed by atoms with Crippen LogP contribution in [0.25, 0.3) is 10.8 Å². The third-order valence-corrected chi connectivity index (χ3v) is 6.33. The standard InChI is InChI=1S/C23H22Cl2N2O/c1-16(19-8-4-6-17-5-2-3-7-20(17)19)26-11-13-27(14-12-26)23(28)18-9-10-21(24)22(25)15-18/h2-10,15-16H,11-14H2,1H3. The number of hydrogen-bond donors (Lipinski definition) is 0. The molecule has 1 fully saturated rings. The van der Waals surface area contributed by atoms with Crippen LogP contribution in [0.1, 0.15) is 28.9 Å². The normalized spacial score (nSPS) is 16.3. The van der Waals surface area contributed by atoms with Crippen LogP contribution in [-0.2, 0) is 0 Å². The summed E-state index contributed by atoms with van der Waals surface area (Å²) in [5.74, 6) is 0.0102. The number of hydrogen-bond acceptors (Lipinski definition) is 2. The van der Waals surface area contributed by atoms with E-state index in [0.717, 1.165) is 13.1 Å². The van der Waals surface area contributed by atoms with E-state index < -0.39 is 0 Å². The summed E-state index contributed by atoms with van der Waals surface area (Å²) >= 11 is 12.0. The van der Waals surface area contributed by atoms with Crippen molar-refractivity contribution < 1.29 is 4.79 Å². The summed E-state index contributed by atoms with van der Waals surface area (Å²) in [4.78, 5) is 17.1. The number of halogens is 2. The number of fused-ring (bicyclic) bond motifs is 1. The molecule has 1 unspecified atom stereocenters. The van der Waals surface area contributed by atoms with Crippen LogP contribution in [0.5, 0.6) is 0 Å². The summed E-state index contributed by atoms with van der Waals surface area (Å²) in [7, 11) is 0. The zero-order valence-corrected chi connectivity index (χ0v) is 17.2. The summed E-state index contributed by atoms with van der Waals surface area (Å²) in [5, 5.41) is 3.44. The fourth-order valence-corrected chi connectivity index (χ4v) is 4.23. The van der Waals surface area contributed by atoms with E-state index in [0.29, 0.717) is 34.7 Å². The molecule has 0 spiro atoms. The van der Waals surface area contributed by atoms with Gasteiger partial charge in [-0.1, -0.05) is 65.7 Å². The maximum Gasteiger partial charge on any atom is 0.253 e. The Morgan fingerprint density at radius 3 is 2.36 bits per heavy atom. The molecule has 0 aliphatic carbocycles. The minimum atomic E-state index is 0.0102. The summed E-state index contributed by atoms with van der Waals surface area (Å²) in [6.45, 7) is 5.34. The van der Waals surface area contributed by atoms with E-state index in [2.05, 4.69) is 54.3 Å². The van der Waals surface area contributed by atoms with Gasteiger partial charge in [0.15, 0.2) is 0 Å². The van der Waals surface area contributed by atoms with Crippen molar-refractivity contribution in [3.05, 3.63) is 81.8 Å². The molecule has 4 rings (SSSR count).